The topological polar surface area (TPSA) is 186 Å². The molecule has 3 amide bonds. The molecule has 1 fully saturated rings. The molecule has 0 bridgehead atoms. The lowest BCUT2D eigenvalue weighted by atomic mass is 10.1. The lowest BCUT2D eigenvalue weighted by Crippen LogP contribution is -2.50. The minimum atomic E-state index is -4.64. The van der Waals surface area contributed by atoms with E-state index in [-0.39, 0.29) is 17.5 Å². The van der Waals surface area contributed by atoms with Gasteiger partial charge >= 0.3 is 30.0 Å². The van der Waals surface area contributed by atoms with E-state index >= 15 is 0 Å². The van der Waals surface area contributed by atoms with Crippen LogP contribution < -0.4 is 31.3 Å². The number of alkyl halides is 3. The third-order valence-corrected chi connectivity index (χ3v) is 7.95. The van der Waals surface area contributed by atoms with Crippen molar-refractivity contribution in [2.45, 2.75) is 30.6 Å². The molecule has 0 aliphatic heterocycles. The molecule has 5 rings (SSSR count). The molecule has 4 aromatic rings. The Balaban J connectivity index is 1.23. The van der Waals surface area contributed by atoms with Gasteiger partial charge in [-0.25, -0.2) is 4.79 Å². The number of hydrogen-bond donors (Lipinski definition) is 5. The van der Waals surface area contributed by atoms with Crippen LogP contribution in [-0.2, 0) is 24.7 Å². The Bertz CT molecular complexity index is 1930. The van der Waals surface area contributed by atoms with Crippen molar-refractivity contribution in [2.75, 3.05) is 36.2 Å². The van der Waals surface area contributed by atoms with Gasteiger partial charge in [0.1, 0.15) is 6.04 Å². The first-order chi connectivity index (χ1) is 24.7. The van der Waals surface area contributed by atoms with E-state index in [0.29, 0.717) is 34.3 Å². The molecule has 0 saturated heterocycles. The van der Waals surface area contributed by atoms with E-state index in [1.807, 2.05) is 12.1 Å². The highest BCUT2D eigenvalue weighted by Gasteiger charge is 2.45. The number of nitrogens with zero attached hydrogens (tertiary/aromatic N) is 3. The second-order valence-electron chi connectivity index (χ2n) is 11.3. The van der Waals surface area contributed by atoms with Gasteiger partial charge in [0.05, 0.1) is 12.6 Å². The summed E-state index contributed by atoms with van der Waals surface area (Å²) < 4.78 is 48.3. The number of ether oxygens (including phenoxy) is 2. The predicted molar refractivity (Wildman–Crippen MR) is 183 cm³/mol. The van der Waals surface area contributed by atoms with E-state index in [0.717, 1.165) is 12.7 Å². The molecule has 1 heterocycles. The van der Waals surface area contributed by atoms with Crippen molar-refractivity contribution in [3.63, 3.8) is 0 Å². The number of benzene rings is 3. The highest BCUT2D eigenvalue weighted by molar-refractivity contribution is 6.39. The number of nitrogens with one attached hydrogen (secondary N) is 5. The highest BCUT2D eigenvalue weighted by atomic mass is 35.5. The van der Waals surface area contributed by atoms with Crippen molar-refractivity contribution in [1.82, 2.24) is 25.6 Å². The molecule has 19 heteroatoms. The maximum Gasteiger partial charge on any atom is 0.422 e. The first-order valence-corrected chi connectivity index (χ1v) is 16.1. The lowest BCUT2D eigenvalue weighted by molar-refractivity contribution is -0.154. The number of amides is 3. The molecule has 0 spiro atoms. The Morgan fingerprint density at radius 3 is 2.02 bits per heavy atom. The molecule has 5 N–H and O–H groups in total. The Hall–Kier alpha value is -5.68. The number of esters is 1. The molecule has 3 aromatic carbocycles. The molecule has 52 heavy (non-hydrogen) atoms. The van der Waals surface area contributed by atoms with Gasteiger partial charge in [-0.15, -0.1) is 0 Å². The summed E-state index contributed by atoms with van der Waals surface area (Å²) in [4.78, 5) is 62.3. The average Bonchev–Trinajstić information content (AvgIpc) is 3.90. The van der Waals surface area contributed by atoms with Gasteiger partial charge in [-0.1, -0.05) is 35.3 Å². The van der Waals surface area contributed by atoms with E-state index in [1.165, 1.54) is 48.5 Å². The summed E-state index contributed by atoms with van der Waals surface area (Å²) in [6, 6.07) is 16.8. The number of aromatic nitrogens is 3. The smallest absolute Gasteiger partial charge is 0.422 e. The lowest BCUT2D eigenvalue weighted by Gasteiger charge is -2.19. The predicted octanol–water partition coefficient (Wildman–Crippen LogP) is 4.99. The van der Waals surface area contributed by atoms with E-state index < -0.39 is 60.6 Å². The normalized spacial score (nSPS) is 13.6. The number of hydrogen-bond acceptors (Lipinski definition) is 11. The van der Waals surface area contributed by atoms with Crippen LogP contribution in [0, 0.1) is 0 Å². The van der Waals surface area contributed by atoms with Crippen LogP contribution in [-0.4, -0.2) is 71.1 Å². The third-order valence-electron chi connectivity index (χ3n) is 7.45. The molecule has 0 unspecified atom stereocenters. The molecule has 0 radical (unpaired) electrons. The molecule has 14 nitrogen and oxygen atoms in total. The van der Waals surface area contributed by atoms with Gasteiger partial charge in [0.15, 0.2) is 6.61 Å². The number of halogens is 5. The monoisotopic (exact) mass is 760 g/mol. The molecule has 1 aromatic heterocycles. The Labute approximate surface area is 303 Å². The SMILES string of the molecule is COC(=O)[C@H](CNC(=O)C(=O)Nc1ccc(Cl)cc1)NC(=O)c1ccc(Nc2nc(NC3(c4ccc(Cl)cc4)CC3)nc(OCC(F)(F)F)n2)cc1. The zero-order chi connectivity index (χ0) is 37.5. The van der Waals surface area contributed by atoms with Crippen LogP contribution in [0.15, 0.2) is 72.8 Å². The first-order valence-electron chi connectivity index (χ1n) is 15.3. The second kappa shape index (κ2) is 16.1. The van der Waals surface area contributed by atoms with Gasteiger partial charge in [0.2, 0.25) is 11.9 Å². The minimum absolute atomic E-state index is 0.0403. The van der Waals surface area contributed by atoms with Gasteiger partial charge in [-0.3, -0.25) is 14.4 Å². The molecular weight excluding hydrogens is 732 g/mol. The number of methoxy groups -OCH3 is 1. The fourth-order valence-corrected chi connectivity index (χ4v) is 4.93. The molecule has 1 aliphatic carbocycles. The van der Waals surface area contributed by atoms with Crippen LogP contribution >= 0.6 is 23.2 Å². The van der Waals surface area contributed by atoms with Crippen LogP contribution in [0.4, 0.5) is 36.4 Å². The van der Waals surface area contributed by atoms with Crippen molar-refractivity contribution < 1.29 is 41.8 Å². The van der Waals surface area contributed by atoms with Crippen molar-refractivity contribution >= 4 is 70.2 Å². The van der Waals surface area contributed by atoms with Gasteiger partial charge < -0.3 is 36.1 Å². The van der Waals surface area contributed by atoms with E-state index in [2.05, 4.69) is 41.5 Å². The molecular formula is C33H29Cl2F3N8O6. The molecule has 1 saturated carbocycles. The van der Waals surface area contributed by atoms with Crippen molar-refractivity contribution in [3.05, 3.63) is 94.0 Å². The Kier molecular flexibility index (Phi) is 11.6. The fraction of sp³-hybridized carbons (Fsp3) is 0.242. The highest BCUT2D eigenvalue weighted by Crippen LogP contribution is 2.48. The first kappa shape index (κ1) is 37.6. The summed E-state index contributed by atoms with van der Waals surface area (Å²) >= 11 is 11.8. The Morgan fingerprint density at radius 1 is 0.827 bits per heavy atom. The Morgan fingerprint density at radius 2 is 1.42 bits per heavy atom. The number of carbonyl (C=O) groups is 4. The standard InChI is InChI=1S/C33H29Cl2F3N8O6/c1-51-28(50)24(16-39-26(48)27(49)40-22-12-8-21(35)9-13-22)42-25(47)18-2-10-23(11-3-18)41-29-43-30(45-31(44-29)52-17-33(36,37)38)46-32(14-15-32)19-4-6-20(34)7-5-19/h2-13,24H,14-17H2,1H3,(H,39,48)(H,40,49)(H,42,47)(H2,41,43,44,45,46)/t24-/m0/s1. The maximum absolute atomic E-state index is 13.0. The van der Waals surface area contributed by atoms with Gasteiger partial charge in [0, 0.05) is 33.5 Å². The minimum Gasteiger partial charge on any atom is -0.467 e. The van der Waals surface area contributed by atoms with Crippen molar-refractivity contribution in [3.8, 4) is 6.01 Å². The second-order valence-corrected chi connectivity index (χ2v) is 12.2. The zero-order valence-electron chi connectivity index (χ0n) is 27.0. The van der Waals surface area contributed by atoms with Crippen molar-refractivity contribution in [2.24, 2.45) is 0 Å². The van der Waals surface area contributed by atoms with Crippen molar-refractivity contribution in [1.29, 1.82) is 0 Å². The van der Waals surface area contributed by atoms with Gasteiger partial charge in [0.25, 0.3) is 5.91 Å². The van der Waals surface area contributed by atoms with E-state index in [9.17, 15) is 32.3 Å². The summed E-state index contributed by atoms with van der Waals surface area (Å²) in [6.07, 6.45) is -3.24. The number of rotatable bonds is 13. The summed E-state index contributed by atoms with van der Waals surface area (Å²) in [5, 5.41) is 14.1. The van der Waals surface area contributed by atoms with Crippen LogP contribution in [0.1, 0.15) is 28.8 Å². The maximum atomic E-state index is 13.0. The summed E-state index contributed by atoms with van der Waals surface area (Å²) in [6.45, 7) is -2.10. The fourth-order valence-electron chi connectivity index (χ4n) is 4.68. The van der Waals surface area contributed by atoms with Gasteiger partial charge in [-0.05, 0) is 79.1 Å². The largest absolute Gasteiger partial charge is 0.467 e. The van der Waals surface area contributed by atoms with E-state index in [4.69, 9.17) is 32.7 Å². The summed E-state index contributed by atoms with van der Waals surface area (Å²) in [7, 11) is 1.08. The average molecular weight is 762 g/mol. The van der Waals surface area contributed by atoms with E-state index in [1.54, 1.807) is 12.1 Å². The molecule has 272 valence electrons. The van der Waals surface area contributed by atoms with Crippen LogP contribution in [0.2, 0.25) is 10.0 Å². The summed E-state index contributed by atoms with van der Waals surface area (Å²) in [5.74, 6) is -3.91. The third kappa shape index (κ3) is 10.4. The van der Waals surface area contributed by atoms with Crippen LogP contribution in [0.25, 0.3) is 0 Å². The molecule has 1 atom stereocenters. The number of carbonyl (C=O) groups excluding carboxylic acids is 4. The summed E-state index contributed by atoms with van der Waals surface area (Å²) in [5.41, 5.74) is 1.04. The van der Waals surface area contributed by atoms with Gasteiger partial charge in [-0.2, -0.15) is 28.1 Å². The quantitative estimate of drug-likeness (QED) is 0.0914. The van der Waals surface area contributed by atoms with Crippen LogP contribution in [0.5, 0.6) is 6.01 Å². The number of anilines is 4. The zero-order valence-corrected chi connectivity index (χ0v) is 28.5. The van der Waals surface area contributed by atoms with Crippen LogP contribution in [0.3, 0.4) is 0 Å². The molecule has 1 aliphatic rings.